The summed E-state index contributed by atoms with van der Waals surface area (Å²) in [5.74, 6) is 0. The Morgan fingerprint density at radius 1 is 1.75 bits per heavy atom. The van der Waals surface area contributed by atoms with Crippen LogP contribution in [-0.2, 0) is 16.4 Å². The molecule has 0 aliphatic carbocycles. The second kappa shape index (κ2) is 8.97. The van der Waals surface area contributed by atoms with Crippen LogP contribution in [0.3, 0.4) is 0 Å². The fourth-order valence-electron chi connectivity index (χ4n) is 0. The first-order valence-electron chi connectivity index (χ1n) is 0.365. The van der Waals surface area contributed by atoms with E-state index in [1.165, 1.54) is 0 Å². The average Bonchev–Trinajstić information content (AvgIpc) is 0.918. The van der Waals surface area contributed by atoms with Crippen LogP contribution in [0.4, 0.5) is 0 Å². The molecule has 0 aliphatic heterocycles. The SMILES string of the molecule is O=[P+]=S.[Li]. The van der Waals surface area contributed by atoms with Crippen LogP contribution in [0.25, 0.3) is 0 Å². The summed E-state index contributed by atoms with van der Waals surface area (Å²) in [6.07, 6.45) is 0. The van der Waals surface area contributed by atoms with Crippen LogP contribution in [0, 0.1) is 0 Å². The predicted octanol–water partition coefficient (Wildman–Crippen LogP) is 0.359. The van der Waals surface area contributed by atoms with Crippen LogP contribution >= 0.6 is 7.24 Å². The Balaban J connectivity index is 0. The summed E-state index contributed by atoms with van der Waals surface area (Å²) in [6.45, 7) is 0. The second-order valence-electron chi connectivity index (χ2n) is 0.0745. The maximum absolute atomic E-state index is 8.72. The summed E-state index contributed by atoms with van der Waals surface area (Å²) in [6, 6.07) is 0. The third kappa shape index (κ3) is 11.6. The van der Waals surface area contributed by atoms with E-state index in [0.29, 0.717) is 0 Å². The van der Waals surface area contributed by atoms with Gasteiger partial charge in [0.1, 0.15) is 0 Å². The molecule has 0 aliphatic rings. The molecule has 17 valence electrons. The molecule has 0 N–H and O–H groups in total. The van der Waals surface area contributed by atoms with Crippen molar-refractivity contribution in [3.63, 3.8) is 0 Å². The van der Waals surface area contributed by atoms with Crippen molar-refractivity contribution in [3.8, 4) is 0 Å². The van der Waals surface area contributed by atoms with Crippen LogP contribution in [0.2, 0.25) is 0 Å². The molecule has 0 amide bonds. The van der Waals surface area contributed by atoms with E-state index in [2.05, 4.69) is 11.8 Å². The van der Waals surface area contributed by atoms with Gasteiger partial charge in [0.2, 0.25) is 0 Å². The summed E-state index contributed by atoms with van der Waals surface area (Å²) in [4.78, 5) is 0. The van der Waals surface area contributed by atoms with Gasteiger partial charge in [-0.05, 0) is 0 Å². The Bertz CT molecular complexity index is 29.0. The van der Waals surface area contributed by atoms with Crippen LogP contribution in [0.15, 0.2) is 0 Å². The fraction of sp³-hybridized carbons (Fsp3) is 0. The van der Waals surface area contributed by atoms with Gasteiger partial charge in [-0.15, -0.1) is 0 Å². The maximum Gasteiger partial charge on any atom is 0 e. The molecule has 0 aromatic rings. The van der Waals surface area contributed by atoms with Gasteiger partial charge in [-0.1, -0.05) is 0 Å². The van der Waals surface area contributed by atoms with Crippen molar-refractivity contribution in [2.24, 2.45) is 0 Å². The third-order valence-corrected chi connectivity index (χ3v) is 0. The molecule has 4 heavy (non-hydrogen) atoms. The molecule has 0 aromatic heterocycles. The number of hydrogen-bond donors (Lipinski definition) is 0. The summed E-state index contributed by atoms with van der Waals surface area (Å²) in [5.41, 5.74) is 0. The minimum absolute atomic E-state index is 0. The monoisotopic (exact) mass is 86.0 g/mol. The first-order chi connectivity index (χ1) is 1.41. The molecule has 0 unspecified atom stereocenters. The molecule has 0 fully saturated rings. The van der Waals surface area contributed by atoms with E-state index in [4.69, 9.17) is 4.57 Å². The Morgan fingerprint density at radius 2 is 1.75 bits per heavy atom. The van der Waals surface area contributed by atoms with E-state index in [1.54, 1.807) is 0 Å². The molecule has 0 aromatic carbocycles. The molecule has 0 rings (SSSR count). The van der Waals surface area contributed by atoms with E-state index in [-0.39, 0.29) is 26.1 Å². The molecule has 0 spiro atoms. The largest absolute Gasteiger partial charge is 0 e. The van der Waals surface area contributed by atoms with Gasteiger partial charge in [0, 0.05) is 18.9 Å². The van der Waals surface area contributed by atoms with Crippen molar-refractivity contribution >= 4 is 37.9 Å². The zero-order chi connectivity index (χ0) is 2.71. The van der Waals surface area contributed by atoms with Gasteiger partial charge >= 0.3 is 23.6 Å². The van der Waals surface area contributed by atoms with Crippen molar-refractivity contribution in [1.29, 1.82) is 0 Å². The molecular weight excluding hydrogens is 86.0 g/mol. The maximum atomic E-state index is 8.72. The minimum atomic E-state index is -0.250. The van der Waals surface area contributed by atoms with Crippen LogP contribution in [0.5, 0.6) is 0 Å². The Morgan fingerprint density at radius 3 is 1.75 bits per heavy atom. The molecule has 4 heteroatoms. The molecule has 1 radical (unpaired) electrons. The topological polar surface area (TPSA) is 17.1 Å². The van der Waals surface area contributed by atoms with Gasteiger partial charge in [-0.25, -0.2) is 0 Å². The Labute approximate surface area is 42.8 Å². The summed E-state index contributed by atoms with van der Waals surface area (Å²) in [5, 5.41) is 0. The normalized spacial score (nSPS) is 3.00. The first kappa shape index (κ1) is 8.90. The zero-order valence-electron chi connectivity index (χ0n) is 2.26. The molecule has 0 saturated carbocycles. The van der Waals surface area contributed by atoms with Crippen LogP contribution in [-0.4, -0.2) is 18.9 Å². The average molecular weight is 86.0 g/mol. The van der Waals surface area contributed by atoms with Gasteiger partial charge in [0.15, 0.2) is 0 Å². The zero-order valence-corrected chi connectivity index (χ0v) is 3.97. The first-order valence-corrected chi connectivity index (χ1v) is 2.19. The second-order valence-corrected chi connectivity index (χ2v) is 0.671. The molecule has 0 heterocycles. The fourth-order valence-corrected chi connectivity index (χ4v) is 0. The standard InChI is InChI=1S/Li.OPS/c;1-2-3/q;+1. The molecule has 1 nitrogen and oxygen atoms in total. The van der Waals surface area contributed by atoms with Gasteiger partial charge in [-0.3, -0.25) is 0 Å². The predicted molar refractivity (Wildman–Crippen MR) is 20.7 cm³/mol. The summed E-state index contributed by atoms with van der Waals surface area (Å²) < 4.78 is 8.72. The van der Waals surface area contributed by atoms with Crippen molar-refractivity contribution < 1.29 is 4.57 Å². The van der Waals surface area contributed by atoms with Crippen LogP contribution < -0.4 is 0 Å². The summed E-state index contributed by atoms with van der Waals surface area (Å²) in [7, 11) is -0.250. The third-order valence-electron chi connectivity index (χ3n) is 0. The van der Waals surface area contributed by atoms with Gasteiger partial charge in [0.05, 0.1) is 0 Å². The van der Waals surface area contributed by atoms with E-state index in [1.807, 2.05) is 0 Å². The Kier molecular flexibility index (Phi) is 20.0. The smallest absolute Gasteiger partial charge is 0 e. The van der Waals surface area contributed by atoms with Crippen molar-refractivity contribution in [3.05, 3.63) is 0 Å². The van der Waals surface area contributed by atoms with Gasteiger partial charge in [0.25, 0.3) is 0 Å². The van der Waals surface area contributed by atoms with E-state index < -0.39 is 0 Å². The number of hydrogen-bond acceptors (Lipinski definition) is 2. The van der Waals surface area contributed by atoms with E-state index >= 15 is 0 Å². The van der Waals surface area contributed by atoms with Crippen molar-refractivity contribution in [2.75, 3.05) is 0 Å². The molecule has 0 bridgehead atoms. The van der Waals surface area contributed by atoms with Crippen molar-refractivity contribution in [1.82, 2.24) is 0 Å². The van der Waals surface area contributed by atoms with Crippen molar-refractivity contribution in [2.45, 2.75) is 0 Å². The summed E-state index contributed by atoms with van der Waals surface area (Å²) >= 11 is 3.81. The minimum Gasteiger partial charge on any atom is 0 e. The Hall–Kier alpha value is 1.05. The number of rotatable bonds is 0. The van der Waals surface area contributed by atoms with E-state index in [0.717, 1.165) is 0 Å². The molecular formula is LiOPS+. The van der Waals surface area contributed by atoms with Gasteiger partial charge in [-0.2, -0.15) is 0 Å². The molecule has 0 atom stereocenters. The van der Waals surface area contributed by atoms with Gasteiger partial charge < -0.3 is 0 Å². The van der Waals surface area contributed by atoms with Crippen LogP contribution in [0.1, 0.15) is 0 Å². The molecule has 0 saturated heterocycles. The van der Waals surface area contributed by atoms with E-state index in [9.17, 15) is 0 Å². The quantitative estimate of drug-likeness (QED) is 0.312.